The first-order chi connectivity index (χ1) is 8.10. The molecule has 1 aromatic heterocycles. The van der Waals surface area contributed by atoms with E-state index in [0.717, 1.165) is 6.42 Å². The van der Waals surface area contributed by atoms with Crippen molar-refractivity contribution in [3.63, 3.8) is 0 Å². The van der Waals surface area contributed by atoms with Crippen LogP contribution in [0.1, 0.15) is 50.1 Å². The van der Waals surface area contributed by atoms with E-state index in [4.69, 9.17) is 6.42 Å². The van der Waals surface area contributed by atoms with E-state index in [1.54, 1.807) is 0 Å². The molecular weight excluding hydrogens is 212 g/mol. The molecule has 1 atom stereocenters. The molecule has 1 unspecified atom stereocenters. The molecule has 1 aromatic rings. The van der Waals surface area contributed by atoms with E-state index >= 15 is 0 Å². The van der Waals surface area contributed by atoms with E-state index in [0.29, 0.717) is 12.1 Å². The molecule has 1 N–H and O–H groups in total. The molecule has 0 spiro atoms. The summed E-state index contributed by atoms with van der Waals surface area (Å²) >= 11 is 0. The van der Waals surface area contributed by atoms with E-state index in [9.17, 15) is 4.79 Å². The first-order valence-electron chi connectivity index (χ1n) is 6.01. The summed E-state index contributed by atoms with van der Waals surface area (Å²) in [6.45, 7) is 6.12. The minimum atomic E-state index is -0.0502. The van der Waals surface area contributed by atoms with Crippen LogP contribution < -0.4 is 5.32 Å². The van der Waals surface area contributed by atoms with Crippen LogP contribution in [0.15, 0.2) is 18.3 Å². The van der Waals surface area contributed by atoms with Gasteiger partial charge in [-0.1, -0.05) is 6.92 Å². The van der Waals surface area contributed by atoms with Gasteiger partial charge in [0.15, 0.2) is 0 Å². The topological polar surface area (TPSA) is 34.0 Å². The quantitative estimate of drug-likeness (QED) is 0.778. The fourth-order valence-corrected chi connectivity index (χ4v) is 1.74. The number of carbonyl (C=O) groups is 1. The number of terminal acetylenes is 1. The lowest BCUT2D eigenvalue weighted by Crippen LogP contribution is -2.35. The molecule has 3 heteroatoms. The number of carbonyl (C=O) groups excluding carboxylic acids is 1. The van der Waals surface area contributed by atoms with Gasteiger partial charge in [0.2, 0.25) is 0 Å². The van der Waals surface area contributed by atoms with Gasteiger partial charge in [0.1, 0.15) is 5.69 Å². The van der Waals surface area contributed by atoms with Crippen molar-refractivity contribution in [2.24, 2.45) is 0 Å². The van der Waals surface area contributed by atoms with E-state index in [1.165, 1.54) is 0 Å². The highest BCUT2D eigenvalue weighted by Gasteiger charge is 2.15. The van der Waals surface area contributed by atoms with Gasteiger partial charge in [-0.3, -0.25) is 4.79 Å². The van der Waals surface area contributed by atoms with Crippen molar-refractivity contribution in [1.29, 1.82) is 0 Å². The van der Waals surface area contributed by atoms with Crippen LogP contribution in [0.3, 0.4) is 0 Å². The second-order valence-electron chi connectivity index (χ2n) is 4.38. The van der Waals surface area contributed by atoms with Crippen LogP contribution in [-0.4, -0.2) is 16.5 Å². The van der Waals surface area contributed by atoms with Gasteiger partial charge < -0.3 is 9.88 Å². The maximum atomic E-state index is 12.1. The third kappa shape index (κ3) is 3.39. The maximum absolute atomic E-state index is 12.1. The van der Waals surface area contributed by atoms with Crippen molar-refractivity contribution in [3.8, 4) is 12.3 Å². The minimum absolute atomic E-state index is 0.0502. The van der Waals surface area contributed by atoms with Gasteiger partial charge in [-0.05, 0) is 32.4 Å². The van der Waals surface area contributed by atoms with Crippen LogP contribution in [0.4, 0.5) is 0 Å². The second-order valence-corrected chi connectivity index (χ2v) is 4.38. The first-order valence-corrected chi connectivity index (χ1v) is 6.01. The molecule has 0 aliphatic rings. The third-order valence-corrected chi connectivity index (χ3v) is 2.76. The molecule has 0 aromatic carbocycles. The van der Waals surface area contributed by atoms with Crippen LogP contribution >= 0.6 is 0 Å². The molecule has 17 heavy (non-hydrogen) atoms. The molecule has 0 bridgehead atoms. The molecule has 0 aliphatic carbocycles. The second kappa shape index (κ2) is 6.15. The number of aromatic nitrogens is 1. The number of rotatable bonds is 5. The van der Waals surface area contributed by atoms with Crippen molar-refractivity contribution < 1.29 is 4.79 Å². The number of amides is 1. The molecule has 3 nitrogen and oxygen atoms in total. The standard InChI is InChI=1S/C14H20N2O/c1-5-8-12(6-2)15-14(17)13-9-7-10-16(13)11(3)4/h1,7,9-12H,6,8H2,2-4H3,(H,15,17). The van der Waals surface area contributed by atoms with E-state index in [-0.39, 0.29) is 18.0 Å². The van der Waals surface area contributed by atoms with Crippen LogP contribution in [0.25, 0.3) is 0 Å². The Morgan fingerprint density at radius 2 is 2.29 bits per heavy atom. The van der Waals surface area contributed by atoms with Gasteiger partial charge in [-0.15, -0.1) is 12.3 Å². The highest BCUT2D eigenvalue weighted by Crippen LogP contribution is 2.11. The van der Waals surface area contributed by atoms with E-state index in [1.807, 2.05) is 29.8 Å². The molecular formula is C14H20N2O. The first kappa shape index (κ1) is 13.4. The Morgan fingerprint density at radius 1 is 1.59 bits per heavy atom. The van der Waals surface area contributed by atoms with E-state index in [2.05, 4.69) is 25.1 Å². The molecule has 0 radical (unpaired) electrons. The Kier molecular flexibility index (Phi) is 4.84. The van der Waals surface area contributed by atoms with Crippen molar-refractivity contribution in [3.05, 3.63) is 24.0 Å². The SMILES string of the molecule is C#CCC(CC)NC(=O)c1cccn1C(C)C. The zero-order valence-corrected chi connectivity index (χ0v) is 10.7. The molecule has 0 saturated heterocycles. The van der Waals surface area contributed by atoms with Gasteiger partial charge in [0, 0.05) is 24.7 Å². The normalized spacial score (nSPS) is 12.2. The van der Waals surface area contributed by atoms with Gasteiger partial charge in [-0.2, -0.15) is 0 Å². The van der Waals surface area contributed by atoms with Crippen LogP contribution in [-0.2, 0) is 0 Å². The van der Waals surface area contributed by atoms with Crippen molar-refractivity contribution in [2.45, 2.75) is 45.7 Å². The number of nitrogens with zero attached hydrogens (tertiary/aromatic N) is 1. The zero-order valence-electron chi connectivity index (χ0n) is 10.7. The predicted octanol–water partition coefficient (Wildman–Crippen LogP) is 2.60. The van der Waals surface area contributed by atoms with Crippen LogP contribution in [0.2, 0.25) is 0 Å². The fourth-order valence-electron chi connectivity index (χ4n) is 1.74. The Labute approximate surface area is 103 Å². The zero-order chi connectivity index (χ0) is 12.8. The lowest BCUT2D eigenvalue weighted by molar-refractivity contribution is 0.0926. The average molecular weight is 232 g/mol. The molecule has 92 valence electrons. The summed E-state index contributed by atoms with van der Waals surface area (Å²) < 4.78 is 1.96. The summed E-state index contributed by atoms with van der Waals surface area (Å²) in [4.78, 5) is 12.1. The van der Waals surface area contributed by atoms with Gasteiger partial charge in [0.25, 0.3) is 5.91 Å². The fraction of sp³-hybridized carbons (Fsp3) is 0.500. The lowest BCUT2D eigenvalue weighted by Gasteiger charge is -2.17. The summed E-state index contributed by atoms with van der Waals surface area (Å²) in [5.41, 5.74) is 0.690. The summed E-state index contributed by atoms with van der Waals surface area (Å²) in [5, 5.41) is 2.96. The summed E-state index contributed by atoms with van der Waals surface area (Å²) in [7, 11) is 0. The lowest BCUT2D eigenvalue weighted by atomic mass is 10.1. The van der Waals surface area contributed by atoms with Crippen LogP contribution in [0, 0.1) is 12.3 Å². The third-order valence-electron chi connectivity index (χ3n) is 2.76. The monoisotopic (exact) mass is 232 g/mol. The predicted molar refractivity (Wildman–Crippen MR) is 69.8 cm³/mol. The maximum Gasteiger partial charge on any atom is 0.268 e. The molecule has 0 saturated carbocycles. The Balaban J connectivity index is 2.76. The van der Waals surface area contributed by atoms with Crippen molar-refractivity contribution >= 4 is 5.91 Å². The van der Waals surface area contributed by atoms with Crippen molar-refractivity contribution in [2.75, 3.05) is 0 Å². The molecule has 0 aliphatic heterocycles. The Hall–Kier alpha value is -1.69. The number of hydrogen-bond donors (Lipinski definition) is 1. The van der Waals surface area contributed by atoms with E-state index < -0.39 is 0 Å². The minimum Gasteiger partial charge on any atom is -0.347 e. The summed E-state index contributed by atoms with van der Waals surface area (Å²) in [6.07, 6.45) is 8.61. The molecule has 1 rings (SSSR count). The average Bonchev–Trinajstić information content (AvgIpc) is 2.77. The summed E-state index contributed by atoms with van der Waals surface area (Å²) in [5.74, 6) is 2.54. The van der Waals surface area contributed by atoms with Crippen molar-refractivity contribution in [1.82, 2.24) is 9.88 Å². The van der Waals surface area contributed by atoms with Gasteiger partial charge in [0.05, 0.1) is 0 Å². The largest absolute Gasteiger partial charge is 0.347 e. The Bertz CT molecular complexity index is 412. The summed E-state index contributed by atoms with van der Waals surface area (Å²) in [6, 6.07) is 4.05. The highest BCUT2D eigenvalue weighted by atomic mass is 16.2. The van der Waals surface area contributed by atoms with Gasteiger partial charge in [-0.25, -0.2) is 0 Å². The Morgan fingerprint density at radius 3 is 2.82 bits per heavy atom. The molecule has 0 fully saturated rings. The number of nitrogens with one attached hydrogen (secondary N) is 1. The number of hydrogen-bond acceptors (Lipinski definition) is 1. The smallest absolute Gasteiger partial charge is 0.268 e. The van der Waals surface area contributed by atoms with Gasteiger partial charge >= 0.3 is 0 Å². The molecule has 1 amide bonds. The highest BCUT2D eigenvalue weighted by molar-refractivity contribution is 5.93. The van der Waals surface area contributed by atoms with Crippen LogP contribution in [0.5, 0.6) is 0 Å². The molecule has 1 heterocycles.